The van der Waals surface area contributed by atoms with E-state index < -0.39 is 0 Å². The fourth-order valence-electron chi connectivity index (χ4n) is 3.35. The van der Waals surface area contributed by atoms with Crippen LogP contribution in [0.4, 0.5) is 11.4 Å². The van der Waals surface area contributed by atoms with Gasteiger partial charge in [0.25, 0.3) is 5.22 Å². The van der Waals surface area contributed by atoms with Crippen LogP contribution in [0, 0.1) is 12.3 Å². The Labute approximate surface area is 196 Å². The van der Waals surface area contributed by atoms with E-state index in [4.69, 9.17) is 22.4 Å². The molecule has 1 N–H and O–H groups in total. The van der Waals surface area contributed by atoms with Crippen LogP contribution in [0.3, 0.4) is 0 Å². The molecule has 1 saturated heterocycles. The van der Waals surface area contributed by atoms with Crippen LogP contribution < -0.4 is 10.2 Å². The highest BCUT2D eigenvalue weighted by Gasteiger charge is 2.16. The number of benzene rings is 2. The lowest BCUT2D eigenvalue weighted by atomic mass is 10.2. The molecule has 1 fully saturated rings. The number of carbonyl (C=O) groups excluding carboxylic acids is 1. The van der Waals surface area contributed by atoms with Gasteiger partial charge >= 0.3 is 0 Å². The van der Waals surface area contributed by atoms with Gasteiger partial charge in [-0.05, 0) is 48.5 Å². The van der Waals surface area contributed by atoms with E-state index in [0.717, 1.165) is 43.1 Å². The minimum atomic E-state index is -0.142. The number of rotatable bonds is 7. The second-order valence-corrected chi connectivity index (χ2v) is 8.59. The van der Waals surface area contributed by atoms with Gasteiger partial charge in [-0.2, -0.15) is 0 Å². The Kier molecular flexibility index (Phi) is 7.32. The standard InChI is InChI=1S/C23H22ClN5O2S/c1-2-11-28-12-14-29(15-13-28)20-9-7-19(8-10-20)25-21(30)16-32-23-27-26-22(31-23)17-3-5-18(24)6-4-17/h1,3-10H,11-16H2,(H,25,30). The molecule has 1 aliphatic heterocycles. The fourth-order valence-corrected chi connectivity index (χ4v) is 4.04. The Morgan fingerprint density at radius 3 is 2.50 bits per heavy atom. The molecule has 0 aliphatic carbocycles. The molecule has 2 heterocycles. The van der Waals surface area contributed by atoms with Crippen molar-refractivity contribution < 1.29 is 9.21 Å². The first-order valence-electron chi connectivity index (χ1n) is 10.1. The normalized spacial score (nSPS) is 14.2. The second-order valence-electron chi connectivity index (χ2n) is 7.23. The molecule has 9 heteroatoms. The van der Waals surface area contributed by atoms with Gasteiger partial charge in [0, 0.05) is 48.1 Å². The molecule has 0 saturated carbocycles. The van der Waals surface area contributed by atoms with Crippen molar-refractivity contribution in [2.45, 2.75) is 5.22 Å². The monoisotopic (exact) mass is 467 g/mol. The lowest BCUT2D eigenvalue weighted by molar-refractivity contribution is -0.113. The average Bonchev–Trinajstić information content (AvgIpc) is 3.29. The maximum atomic E-state index is 12.3. The zero-order valence-corrected chi connectivity index (χ0v) is 18.9. The average molecular weight is 468 g/mol. The topological polar surface area (TPSA) is 74.5 Å². The fraction of sp³-hybridized carbons (Fsp3) is 0.261. The number of piperazine rings is 1. The van der Waals surface area contributed by atoms with Crippen molar-refractivity contribution in [3.8, 4) is 23.8 Å². The molecule has 0 spiro atoms. The second kappa shape index (κ2) is 10.6. The molecular formula is C23H22ClN5O2S. The van der Waals surface area contributed by atoms with Gasteiger partial charge in [-0.3, -0.25) is 9.69 Å². The molecule has 7 nitrogen and oxygen atoms in total. The van der Waals surface area contributed by atoms with Gasteiger partial charge in [0.15, 0.2) is 0 Å². The Morgan fingerprint density at radius 2 is 1.81 bits per heavy atom. The third kappa shape index (κ3) is 5.82. The van der Waals surface area contributed by atoms with E-state index in [1.807, 2.05) is 24.3 Å². The van der Waals surface area contributed by atoms with Gasteiger partial charge in [-0.15, -0.1) is 16.6 Å². The van der Waals surface area contributed by atoms with Crippen LogP contribution in [0.1, 0.15) is 0 Å². The molecule has 4 rings (SSSR count). The van der Waals surface area contributed by atoms with Crippen molar-refractivity contribution in [3.05, 3.63) is 53.6 Å². The molecule has 0 atom stereocenters. The van der Waals surface area contributed by atoms with Gasteiger partial charge in [0.2, 0.25) is 11.8 Å². The van der Waals surface area contributed by atoms with Crippen molar-refractivity contribution >= 4 is 40.6 Å². The minimum absolute atomic E-state index is 0.142. The molecule has 1 aromatic heterocycles. The zero-order chi connectivity index (χ0) is 22.3. The summed E-state index contributed by atoms with van der Waals surface area (Å²) in [7, 11) is 0. The van der Waals surface area contributed by atoms with Crippen molar-refractivity contribution in [3.63, 3.8) is 0 Å². The van der Waals surface area contributed by atoms with Crippen LogP contribution in [-0.2, 0) is 4.79 Å². The minimum Gasteiger partial charge on any atom is -0.411 e. The summed E-state index contributed by atoms with van der Waals surface area (Å²) >= 11 is 7.09. The van der Waals surface area contributed by atoms with E-state index in [2.05, 4.69) is 31.2 Å². The van der Waals surface area contributed by atoms with Crippen molar-refractivity contribution in [2.75, 3.05) is 48.7 Å². The number of aromatic nitrogens is 2. The molecule has 0 unspecified atom stereocenters. The number of anilines is 2. The Balaban J connectivity index is 1.25. The number of hydrogen-bond acceptors (Lipinski definition) is 7. The lowest BCUT2D eigenvalue weighted by Gasteiger charge is -2.35. The Bertz CT molecular complexity index is 1090. The number of carbonyl (C=O) groups is 1. The van der Waals surface area contributed by atoms with Crippen LogP contribution in [0.25, 0.3) is 11.5 Å². The van der Waals surface area contributed by atoms with Crippen molar-refractivity contribution in [1.82, 2.24) is 15.1 Å². The number of thioether (sulfide) groups is 1. The summed E-state index contributed by atoms with van der Waals surface area (Å²) in [5.41, 5.74) is 2.66. The highest BCUT2D eigenvalue weighted by Crippen LogP contribution is 2.25. The predicted octanol–water partition coefficient (Wildman–Crippen LogP) is 3.88. The predicted molar refractivity (Wildman–Crippen MR) is 128 cm³/mol. The van der Waals surface area contributed by atoms with Crippen molar-refractivity contribution in [2.24, 2.45) is 0 Å². The van der Waals surface area contributed by atoms with E-state index in [0.29, 0.717) is 22.7 Å². The first-order valence-corrected chi connectivity index (χ1v) is 11.5. The molecule has 1 amide bonds. The Morgan fingerprint density at radius 1 is 1.09 bits per heavy atom. The smallest absolute Gasteiger partial charge is 0.277 e. The molecular weight excluding hydrogens is 446 g/mol. The zero-order valence-electron chi connectivity index (χ0n) is 17.3. The van der Waals surface area contributed by atoms with E-state index >= 15 is 0 Å². The highest BCUT2D eigenvalue weighted by atomic mass is 35.5. The van der Waals surface area contributed by atoms with Gasteiger partial charge < -0.3 is 14.6 Å². The Hall–Kier alpha value is -2.99. The quantitative estimate of drug-likeness (QED) is 0.417. The SMILES string of the molecule is C#CCN1CCN(c2ccc(NC(=O)CSc3nnc(-c4ccc(Cl)cc4)o3)cc2)CC1. The van der Waals surface area contributed by atoms with Gasteiger partial charge in [-0.1, -0.05) is 29.3 Å². The van der Waals surface area contributed by atoms with Crippen LogP contribution in [0.15, 0.2) is 58.2 Å². The number of nitrogens with zero attached hydrogens (tertiary/aromatic N) is 4. The van der Waals surface area contributed by atoms with Crippen LogP contribution in [0.2, 0.25) is 5.02 Å². The lowest BCUT2D eigenvalue weighted by Crippen LogP contribution is -2.46. The third-order valence-electron chi connectivity index (χ3n) is 5.03. The molecule has 1 aliphatic rings. The number of terminal acetylenes is 1. The van der Waals surface area contributed by atoms with Gasteiger partial charge in [-0.25, -0.2) is 0 Å². The first kappa shape index (κ1) is 22.2. The summed E-state index contributed by atoms with van der Waals surface area (Å²) < 4.78 is 5.61. The summed E-state index contributed by atoms with van der Waals surface area (Å²) in [6.45, 7) is 4.48. The number of nitrogens with one attached hydrogen (secondary N) is 1. The molecule has 32 heavy (non-hydrogen) atoms. The largest absolute Gasteiger partial charge is 0.411 e. The molecule has 2 aromatic carbocycles. The van der Waals surface area contributed by atoms with Crippen LogP contribution in [0.5, 0.6) is 0 Å². The maximum Gasteiger partial charge on any atom is 0.277 e. The van der Waals surface area contributed by atoms with Gasteiger partial charge in [0.1, 0.15) is 0 Å². The van der Waals surface area contributed by atoms with E-state index in [1.54, 1.807) is 24.3 Å². The summed E-state index contributed by atoms with van der Waals surface area (Å²) in [6.07, 6.45) is 5.39. The molecule has 3 aromatic rings. The summed E-state index contributed by atoms with van der Waals surface area (Å²) in [5.74, 6) is 3.11. The highest BCUT2D eigenvalue weighted by molar-refractivity contribution is 7.99. The molecule has 0 radical (unpaired) electrons. The number of halogens is 1. The number of amides is 1. The molecule has 164 valence electrons. The van der Waals surface area contributed by atoms with Crippen LogP contribution >= 0.6 is 23.4 Å². The van der Waals surface area contributed by atoms with Crippen LogP contribution in [-0.4, -0.2) is 59.5 Å². The van der Waals surface area contributed by atoms with Crippen molar-refractivity contribution in [1.29, 1.82) is 0 Å². The third-order valence-corrected chi connectivity index (χ3v) is 6.10. The van der Waals surface area contributed by atoms with E-state index in [9.17, 15) is 4.79 Å². The summed E-state index contributed by atoms with van der Waals surface area (Å²) in [6, 6.07) is 15.0. The number of hydrogen-bond donors (Lipinski definition) is 1. The van der Waals surface area contributed by atoms with Gasteiger partial charge in [0.05, 0.1) is 12.3 Å². The van der Waals surface area contributed by atoms with E-state index in [-0.39, 0.29) is 11.7 Å². The summed E-state index contributed by atoms with van der Waals surface area (Å²) in [4.78, 5) is 16.9. The molecule has 0 bridgehead atoms. The summed E-state index contributed by atoms with van der Waals surface area (Å²) in [5, 5.41) is 11.9. The first-order chi connectivity index (χ1) is 15.6. The maximum absolute atomic E-state index is 12.3. The van der Waals surface area contributed by atoms with E-state index in [1.165, 1.54) is 11.8 Å².